The summed E-state index contributed by atoms with van der Waals surface area (Å²) in [4.78, 5) is 8.10. The van der Waals surface area contributed by atoms with E-state index in [0.717, 1.165) is 24.4 Å². The Balaban J connectivity index is 1.48. The molecule has 21 heavy (non-hydrogen) atoms. The number of piperidine rings is 2. The highest BCUT2D eigenvalue weighted by Crippen LogP contribution is 2.13. The quantitative estimate of drug-likeness (QED) is 0.815. The number of pyridine rings is 1. The van der Waals surface area contributed by atoms with E-state index in [0.29, 0.717) is 0 Å². The molecule has 2 saturated heterocycles. The molecule has 2 aliphatic heterocycles. The number of quaternary nitrogens is 2. The zero-order valence-electron chi connectivity index (χ0n) is 13.6. The molecule has 0 aromatic carbocycles. The molecule has 2 N–H and O–H groups in total. The lowest BCUT2D eigenvalue weighted by Gasteiger charge is -2.39. The minimum Gasteiger partial charge on any atom is -0.332 e. The third-order valence-electron chi connectivity index (χ3n) is 5.45. The van der Waals surface area contributed by atoms with E-state index in [4.69, 9.17) is 0 Å². The summed E-state index contributed by atoms with van der Waals surface area (Å²) in [5.41, 5.74) is 1.25. The van der Waals surface area contributed by atoms with E-state index in [1.165, 1.54) is 51.1 Å². The first-order valence-corrected chi connectivity index (χ1v) is 8.78. The molecule has 2 atom stereocenters. The fourth-order valence-corrected chi connectivity index (χ4v) is 4.54. The van der Waals surface area contributed by atoms with E-state index in [1.807, 2.05) is 17.2 Å². The summed E-state index contributed by atoms with van der Waals surface area (Å²) >= 11 is 0. The second-order valence-electron chi connectivity index (χ2n) is 7.53. The van der Waals surface area contributed by atoms with Crippen LogP contribution in [0.5, 0.6) is 0 Å². The van der Waals surface area contributed by atoms with Crippen LogP contribution in [0.25, 0.3) is 0 Å². The number of nitrogens with one attached hydrogen (secondary N) is 2. The van der Waals surface area contributed by atoms with Gasteiger partial charge in [-0.15, -0.1) is 0 Å². The molecule has 0 radical (unpaired) electrons. The Morgan fingerprint density at radius 2 is 1.81 bits per heavy atom. The standard InChI is InChI=1S/C18H29N3/c1-15-11-16(2)13-21(12-15)18-6-9-20(10-7-18)14-17-5-3-4-8-19-17/h3-5,8,15-16,18H,6-7,9-14H2,1-2H3/p+2. The van der Waals surface area contributed by atoms with Gasteiger partial charge in [-0.1, -0.05) is 19.9 Å². The Labute approximate surface area is 129 Å². The van der Waals surface area contributed by atoms with Gasteiger partial charge in [-0.05, 0) is 18.6 Å². The molecule has 0 spiro atoms. The van der Waals surface area contributed by atoms with Gasteiger partial charge in [0, 0.05) is 30.9 Å². The van der Waals surface area contributed by atoms with Gasteiger partial charge in [0.15, 0.2) is 0 Å². The maximum Gasteiger partial charge on any atom is 0.120 e. The molecular weight excluding hydrogens is 258 g/mol. The number of nitrogens with zero attached hydrogens (tertiary/aromatic N) is 1. The highest BCUT2D eigenvalue weighted by Gasteiger charge is 2.34. The van der Waals surface area contributed by atoms with Crippen molar-refractivity contribution in [3.63, 3.8) is 0 Å². The molecule has 1 aromatic heterocycles. The van der Waals surface area contributed by atoms with E-state index >= 15 is 0 Å². The van der Waals surface area contributed by atoms with Crippen LogP contribution in [0.1, 0.15) is 38.8 Å². The molecular formula is C18H31N3+2. The summed E-state index contributed by atoms with van der Waals surface area (Å²) in [7, 11) is 0. The fraction of sp³-hybridized carbons (Fsp3) is 0.722. The largest absolute Gasteiger partial charge is 0.332 e. The zero-order chi connectivity index (χ0) is 14.7. The molecule has 3 rings (SSSR count). The first-order valence-electron chi connectivity index (χ1n) is 8.78. The van der Waals surface area contributed by atoms with Crippen LogP contribution >= 0.6 is 0 Å². The molecule has 3 nitrogen and oxygen atoms in total. The first-order chi connectivity index (χ1) is 10.2. The lowest BCUT2D eigenvalue weighted by molar-refractivity contribution is -0.969. The van der Waals surface area contributed by atoms with Crippen LogP contribution in [0.3, 0.4) is 0 Å². The number of likely N-dealkylation sites (tertiary alicyclic amines) is 2. The van der Waals surface area contributed by atoms with Crippen LogP contribution < -0.4 is 9.80 Å². The van der Waals surface area contributed by atoms with Crippen molar-refractivity contribution in [1.29, 1.82) is 0 Å². The summed E-state index contributed by atoms with van der Waals surface area (Å²) in [6.07, 6.45) is 6.16. The van der Waals surface area contributed by atoms with Crippen LogP contribution in [0.2, 0.25) is 0 Å². The minimum atomic E-state index is 0.919. The van der Waals surface area contributed by atoms with Gasteiger partial charge in [-0.3, -0.25) is 4.98 Å². The Bertz CT molecular complexity index is 415. The average Bonchev–Trinajstić information content (AvgIpc) is 2.48. The molecule has 3 heteroatoms. The van der Waals surface area contributed by atoms with Crippen molar-refractivity contribution in [2.24, 2.45) is 11.8 Å². The van der Waals surface area contributed by atoms with Crippen molar-refractivity contribution in [2.45, 2.75) is 45.7 Å². The molecule has 0 aliphatic carbocycles. The predicted octanol–water partition coefficient (Wildman–Crippen LogP) is 0.190. The molecule has 2 aliphatic rings. The molecule has 1 aromatic rings. The Kier molecular flexibility index (Phi) is 4.91. The second-order valence-corrected chi connectivity index (χ2v) is 7.53. The summed E-state index contributed by atoms with van der Waals surface area (Å²) in [5.74, 6) is 1.84. The molecule has 2 unspecified atom stereocenters. The van der Waals surface area contributed by atoms with Gasteiger partial charge in [-0.2, -0.15) is 0 Å². The van der Waals surface area contributed by atoms with Crippen LogP contribution in [-0.4, -0.2) is 37.2 Å². The van der Waals surface area contributed by atoms with E-state index < -0.39 is 0 Å². The lowest BCUT2D eigenvalue weighted by Crippen LogP contribution is -3.21. The Morgan fingerprint density at radius 1 is 1.10 bits per heavy atom. The highest BCUT2D eigenvalue weighted by atomic mass is 15.2. The summed E-state index contributed by atoms with van der Waals surface area (Å²) in [6, 6.07) is 7.20. The fourth-order valence-electron chi connectivity index (χ4n) is 4.54. The SMILES string of the molecule is CC1CC(C)C[NH+](C2CC[NH+](Cc3ccccn3)CC2)C1. The van der Waals surface area contributed by atoms with Crippen molar-refractivity contribution >= 4 is 0 Å². The van der Waals surface area contributed by atoms with E-state index in [2.05, 4.69) is 31.0 Å². The topological polar surface area (TPSA) is 21.8 Å². The smallest absolute Gasteiger partial charge is 0.120 e. The van der Waals surface area contributed by atoms with Gasteiger partial charge >= 0.3 is 0 Å². The average molecular weight is 289 g/mol. The number of hydrogen-bond donors (Lipinski definition) is 2. The molecule has 116 valence electrons. The van der Waals surface area contributed by atoms with Crippen LogP contribution in [0.4, 0.5) is 0 Å². The molecule has 0 saturated carbocycles. The second kappa shape index (κ2) is 6.89. The normalized spacial score (nSPS) is 37.3. The third-order valence-corrected chi connectivity index (χ3v) is 5.45. The van der Waals surface area contributed by atoms with Gasteiger partial charge in [0.1, 0.15) is 6.54 Å². The van der Waals surface area contributed by atoms with Crippen LogP contribution in [0.15, 0.2) is 24.4 Å². The number of hydrogen-bond acceptors (Lipinski definition) is 1. The van der Waals surface area contributed by atoms with E-state index in [9.17, 15) is 0 Å². The lowest BCUT2D eigenvalue weighted by atomic mass is 9.89. The van der Waals surface area contributed by atoms with Gasteiger partial charge in [0.25, 0.3) is 0 Å². The van der Waals surface area contributed by atoms with Crippen molar-refractivity contribution in [3.8, 4) is 0 Å². The molecule has 0 amide bonds. The van der Waals surface area contributed by atoms with Crippen molar-refractivity contribution in [1.82, 2.24) is 4.98 Å². The molecule has 2 fully saturated rings. The summed E-state index contributed by atoms with van der Waals surface area (Å²) in [5, 5.41) is 0. The molecule has 0 bridgehead atoms. The maximum absolute atomic E-state index is 4.48. The number of aromatic nitrogens is 1. The Hall–Kier alpha value is -0.930. The number of rotatable bonds is 3. The summed E-state index contributed by atoms with van der Waals surface area (Å²) in [6.45, 7) is 11.5. The van der Waals surface area contributed by atoms with Crippen molar-refractivity contribution < 1.29 is 9.80 Å². The van der Waals surface area contributed by atoms with Crippen LogP contribution in [0, 0.1) is 11.8 Å². The predicted molar refractivity (Wildman–Crippen MR) is 85.3 cm³/mol. The van der Waals surface area contributed by atoms with Gasteiger partial charge in [0.05, 0.1) is 37.9 Å². The monoisotopic (exact) mass is 289 g/mol. The highest BCUT2D eigenvalue weighted by molar-refractivity contribution is 5.01. The van der Waals surface area contributed by atoms with E-state index in [1.54, 1.807) is 4.90 Å². The van der Waals surface area contributed by atoms with Gasteiger partial charge < -0.3 is 9.80 Å². The summed E-state index contributed by atoms with van der Waals surface area (Å²) < 4.78 is 0. The van der Waals surface area contributed by atoms with Crippen molar-refractivity contribution in [2.75, 3.05) is 26.2 Å². The maximum atomic E-state index is 4.48. The zero-order valence-corrected chi connectivity index (χ0v) is 13.6. The first kappa shape index (κ1) is 15.0. The van der Waals surface area contributed by atoms with Gasteiger partial charge in [-0.25, -0.2) is 0 Å². The van der Waals surface area contributed by atoms with Crippen molar-refractivity contribution in [3.05, 3.63) is 30.1 Å². The minimum absolute atomic E-state index is 0.919. The van der Waals surface area contributed by atoms with Crippen LogP contribution in [-0.2, 0) is 6.54 Å². The van der Waals surface area contributed by atoms with E-state index in [-0.39, 0.29) is 0 Å². The third kappa shape index (κ3) is 4.04. The van der Waals surface area contributed by atoms with Gasteiger partial charge in [0.2, 0.25) is 0 Å². The Morgan fingerprint density at radius 3 is 2.43 bits per heavy atom. The molecule has 3 heterocycles.